The summed E-state index contributed by atoms with van der Waals surface area (Å²) in [7, 11) is 1.76. The number of anilines is 3. The summed E-state index contributed by atoms with van der Waals surface area (Å²) >= 11 is 3.54. The van der Waals surface area contributed by atoms with E-state index in [-0.39, 0.29) is 29.2 Å². The standard InChI is InChI=1S/C46H51BrN8O6/c1-54-39-15-12-33(47)29-38(39)40(46(54)57)43(32-6-5-7-35(56)28-32)50-18-22-58-24-26-60-27-25-59-23-21-55-19-16-34(17-20-55)53-45-41(44(49)51-30-52-45)42(48)31-10-13-37(14-11-31)61-36-8-3-2-4-9-36/h2-15,28-30,34,48,50,56H,16-27H2,1H3,(H3,49,51,52,53)/b43-40-,48-42?. The van der Waals surface area contributed by atoms with Crippen molar-refractivity contribution in [3.8, 4) is 17.2 Å². The number of nitrogen functional groups attached to an aromatic ring is 1. The molecule has 2 aliphatic rings. The van der Waals surface area contributed by atoms with Crippen LogP contribution in [-0.4, -0.2) is 111 Å². The number of carbonyl (C=O) groups excluding carboxylic acids is 1. The highest BCUT2D eigenvalue weighted by Gasteiger charge is 2.33. The number of piperidine rings is 1. The van der Waals surface area contributed by atoms with Crippen LogP contribution in [0.4, 0.5) is 17.3 Å². The molecule has 2 aliphatic heterocycles. The minimum atomic E-state index is -0.124. The van der Waals surface area contributed by atoms with Gasteiger partial charge in [0, 0.05) is 60.4 Å². The molecule has 0 bridgehead atoms. The van der Waals surface area contributed by atoms with E-state index in [2.05, 4.69) is 41.4 Å². The third kappa shape index (κ3) is 11.3. The number of carbonyl (C=O) groups is 1. The number of halogens is 1. The molecule has 1 amide bonds. The van der Waals surface area contributed by atoms with Crippen LogP contribution in [0.15, 0.2) is 108 Å². The van der Waals surface area contributed by atoms with Gasteiger partial charge < -0.3 is 50.2 Å². The topological polar surface area (TPSA) is 180 Å². The maximum absolute atomic E-state index is 13.4. The first kappa shape index (κ1) is 43.3. The van der Waals surface area contributed by atoms with E-state index in [0.29, 0.717) is 85.7 Å². The molecule has 7 rings (SSSR count). The summed E-state index contributed by atoms with van der Waals surface area (Å²) in [5.41, 5.74) is 11.2. The molecule has 0 unspecified atom stereocenters. The predicted octanol–water partition coefficient (Wildman–Crippen LogP) is 6.80. The molecular formula is C46H51BrN8O6. The van der Waals surface area contributed by atoms with Crippen molar-refractivity contribution in [3.63, 3.8) is 0 Å². The molecule has 4 aromatic carbocycles. The summed E-state index contributed by atoms with van der Waals surface area (Å²) < 4.78 is 24.2. The molecule has 0 atom stereocenters. The summed E-state index contributed by atoms with van der Waals surface area (Å²) in [5.74, 6) is 2.24. The van der Waals surface area contributed by atoms with Crippen LogP contribution in [0, 0.1) is 5.41 Å². The second-order valence-electron chi connectivity index (χ2n) is 14.6. The molecule has 0 saturated carbocycles. The number of aromatic hydroxyl groups is 1. The van der Waals surface area contributed by atoms with Crippen LogP contribution in [-0.2, 0) is 19.0 Å². The van der Waals surface area contributed by atoms with Gasteiger partial charge in [0.2, 0.25) is 0 Å². The van der Waals surface area contributed by atoms with Crippen molar-refractivity contribution in [1.82, 2.24) is 20.2 Å². The molecule has 1 saturated heterocycles. The van der Waals surface area contributed by atoms with Gasteiger partial charge >= 0.3 is 0 Å². The van der Waals surface area contributed by atoms with Gasteiger partial charge in [0.15, 0.2) is 0 Å². The summed E-state index contributed by atoms with van der Waals surface area (Å²) in [4.78, 5) is 26.1. The quantitative estimate of drug-likeness (QED) is 0.0314. The van der Waals surface area contributed by atoms with Crippen molar-refractivity contribution < 1.29 is 28.8 Å². The van der Waals surface area contributed by atoms with E-state index >= 15 is 0 Å². The molecule has 5 aromatic rings. The zero-order valence-corrected chi connectivity index (χ0v) is 35.7. The van der Waals surface area contributed by atoms with Crippen LogP contribution in [0.3, 0.4) is 0 Å². The maximum atomic E-state index is 13.4. The Morgan fingerprint density at radius 1 is 0.852 bits per heavy atom. The normalized spacial score (nSPS) is 15.1. The minimum Gasteiger partial charge on any atom is -0.508 e. The van der Waals surface area contributed by atoms with Crippen LogP contribution in [0.1, 0.15) is 35.1 Å². The number of benzene rings is 4. The first-order valence-corrected chi connectivity index (χ1v) is 21.1. The number of likely N-dealkylation sites (N-methyl/N-ethyl adjacent to an activating group) is 1. The fourth-order valence-electron chi connectivity index (χ4n) is 7.32. The van der Waals surface area contributed by atoms with Crippen LogP contribution in [0.25, 0.3) is 11.3 Å². The molecule has 15 heteroatoms. The Balaban J connectivity index is 0.771. The van der Waals surface area contributed by atoms with Gasteiger partial charge in [0.25, 0.3) is 5.91 Å². The van der Waals surface area contributed by atoms with Crippen molar-refractivity contribution in [2.45, 2.75) is 18.9 Å². The second-order valence-corrected chi connectivity index (χ2v) is 15.6. The zero-order valence-electron chi connectivity index (χ0n) is 34.1. The number of likely N-dealkylation sites (tertiary alicyclic amines) is 1. The van der Waals surface area contributed by atoms with E-state index in [1.807, 2.05) is 78.9 Å². The number of para-hydroxylation sites is 1. The van der Waals surface area contributed by atoms with Crippen molar-refractivity contribution >= 4 is 56.1 Å². The largest absolute Gasteiger partial charge is 0.508 e. The number of nitrogens with one attached hydrogen (secondary N) is 3. The number of nitrogens with zero attached hydrogens (tertiary/aromatic N) is 4. The fourth-order valence-corrected chi connectivity index (χ4v) is 7.68. The van der Waals surface area contributed by atoms with E-state index in [9.17, 15) is 9.90 Å². The fraction of sp³-hybridized carbons (Fsp3) is 0.304. The predicted molar refractivity (Wildman–Crippen MR) is 241 cm³/mol. The Labute approximate surface area is 364 Å². The molecule has 61 heavy (non-hydrogen) atoms. The van der Waals surface area contributed by atoms with E-state index < -0.39 is 0 Å². The molecule has 0 aliphatic carbocycles. The van der Waals surface area contributed by atoms with E-state index in [0.717, 1.165) is 53.9 Å². The molecule has 6 N–H and O–H groups in total. The highest BCUT2D eigenvalue weighted by atomic mass is 79.9. The Kier molecular flexibility index (Phi) is 15.0. The Morgan fingerprint density at radius 2 is 1.56 bits per heavy atom. The van der Waals surface area contributed by atoms with Crippen LogP contribution in [0.5, 0.6) is 17.2 Å². The molecular weight excluding hydrogens is 840 g/mol. The monoisotopic (exact) mass is 890 g/mol. The van der Waals surface area contributed by atoms with Crippen LogP contribution >= 0.6 is 15.9 Å². The molecule has 1 aromatic heterocycles. The number of aromatic nitrogens is 2. The first-order valence-electron chi connectivity index (χ1n) is 20.4. The zero-order chi connectivity index (χ0) is 42.6. The third-order valence-electron chi connectivity index (χ3n) is 10.5. The van der Waals surface area contributed by atoms with Crippen LogP contribution < -0.4 is 26.0 Å². The minimum absolute atomic E-state index is 0.117. The van der Waals surface area contributed by atoms with Gasteiger partial charge in [-0.2, -0.15) is 0 Å². The van der Waals surface area contributed by atoms with E-state index in [1.165, 1.54) is 6.33 Å². The summed E-state index contributed by atoms with van der Waals surface area (Å²) in [6.45, 7) is 5.92. The van der Waals surface area contributed by atoms with Gasteiger partial charge in [0.05, 0.1) is 67.9 Å². The molecule has 1 fully saturated rings. The van der Waals surface area contributed by atoms with Gasteiger partial charge in [-0.15, -0.1) is 0 Å². The summed E-state index contributed by atoms with van der Waals surface area (Å²) in [6.07, 6.45) is 3.26. The van der Waals surface area contributed by atoms with E-state index in [1.54, 1.807) is 30.1 Å². The lowest BCUT2D eigenvalue weighted by Gasteiger charge is -2.32. The lowest BCUT2D eigenvalue weighted by molar-refractivity contribution is -0.112. The van der Waals surface area contributed by atoms with Crippen molar-refractivity contribution in [1.29, 1.82) is 5.41 Å². The second kappa shape index (κ2) is 21.1. The number of phenols is 1. The van der Waals surface area contributed by atoms with E-state index in [4.69, 9.17) is 30.1 Å². The van der Waals surface area contributed by atoms with Crippen LogP contribution in [0.2, 0.25) is 0 Å². The van der Waals surface area contributed by atoms with Gasteiger partial charge in [0.1, 0.15) is 35.2 Å². The summed E-state index contributed by atoms with van der Waals surface area (Å²) in [5, 5.41) is 26.1. The van der Waals surface area contributed by atoms with Crippen molar-refractivity contribution in [3.05, 3.63) is 130 Å². The number of hydrogen-bond acceptors (Lipinski definition) is 13. The molecule has 0 radical (unpaired) electrons. The molecule has 14 nitrogen and oxygen atoms in total. The Morgan fingerprint density at radius 3 is 2.30 bits per heavy atom. The number of phenolic OH excluding ortho intramolecular Hbond substituents is 1. The number of amides is 1. The highest BCUT2D eigenvalue weighted by Crippen LogP contribution is 2.41. The molecule has 3 heterocycles. The number of rotatable bonds is 20. The Hall–Kier alpha value is -5.84. The Bertz CT molecular complexity index is 2300. The van der Waals surface area contributed by atoms with Gasteiger partial charge in [-0.25, -0.2) is 9.97 Å². The average Bonchev–Trinajstić information content (AvgIpc) is 3.50. The maximum Gasteiger partial charge on any atom is 0.260 e. The van der Waals surface area contributed by atoms with Gasteiger partial charge in [-0.05, 0) is 79.6 Å². The SMILES string of the molecule is CN1C(=O)/C(=C(\NCCOCCOCCOCCN2CCC(Nc3ncnc(N)c3C(=N)c3ccc(Oc4ccccc4)cc3)CC2)c2cccc(O)c2)c2cc(Br)ccc21. The average molecular weight is 892 g/mol. The number of ether oxygens (including phenoxy) is 4. The van der Waals surface area contributed by atoms with Gasteiger partial charge in [-0.3, -0.25) is 10.2 Å². The van der Waals surface area contributed by atoms with Crippen molar-refractivity contribution in [2.24, 2.45) is 0 Å². The lowest BCUT2D eigenvalue weighted by atomic mass is 10.00. The summed E-state index contributed by atoms with van der Waals surface area (Å²) in [6, 6.07) is 29.7. The number of hydrogen-bond donors (Lipinski definition) is 5. The third-order valence-corrected chi connectivity index (χ3v) is 11.0. The highest BCUT2D eigenvalue weighted by molar-refractivity contribution is 9.10. The number of nitrogens with two attached hydrogens (primary N) is 1. The molecule has 318 valence electrons. The number of fused-ring (bicyclic) bond motifs is 1. The molecule has 0 spiro atoms. The first-order chi connectivity index (χ1) is 29.7. The lowest BCUT2D eigenvalue weighted by Crippen LogP contribution is -2.41. The van der Waals surface area contributed by atoms with Gasteiger partial charge in [-0.1, -0.05) is 46.3 Å². The smallest absolute Gasteiger partial charge is 0.260 e. The van der Waals surface area contributed by atoms with Crippen molar-refractivity contribution in [2.75, 3.05) is 88.8 Å².